The zero-order chi connectivity index (χ0) is 13.5. The van der Waals surface area contributed by atoms with Crippen molar-refractivity contribution in [3.63, 3.8) is 0 Å². The predicted octanol–water partition coefficient (Wildman–Crippen LogP) is 0.369. The first kappa shape index (κ1) is 14.1. The molecule has 0 saturated carbocycles. The topological polar surface area (TPSA) is 88.5 Å². The van der Waals surface area contributed by atoms with E-state index in [0.29, 0.717) is 6.42 Å². The first-order valence-corrected chi connectivity index (χ1v) is 5.59. The zero-order valence-corrected chi connectivity index (χ0v) is 10.3. The highest BCUT2D eigenvalue weighted by Gasteiger charge is 2.15. The van der Waals surface area contributed by atoms with Gasteiger partial charge < -0.3 is 15.2 Å². The van der Waals surface area contributed by atoms with E-state index in [1.165, 1.54) is 19.2 Å². The summed E-state index contributed by atoms with van der Waals surface area (Å²) in [5.74, 6) is -1.03. The summed E-state index contributed by atoms with van der Waals surface area (Å²) in [6.07, 6.45) is 0.610. The van der Waals surface area contributed by atoms with Crippen LogP contribution in [0.25, 0.3) is 0 Å². The number of aliphatic hydroxyl groups excluding tert-OH is 1. The first-order valence-electron chi connectivity index (χ1n) is 5.59. The molecule has 98 valence electrons. The third-order valence-electron chi connectivity index (χ3n) is 2.42. The lowest BCUT2D eigenvalue weighted by molar-refractivity contribution is 0.0594. The van der Waals surface area contributed by atoms with E-state index in [0.717, 1.165) is 0 Å². The Labute approximate surface area is 105 Å². The van der Waals surface area contributed by atoms with Crippen LogP contribution in [0.4, 0.5) is 0 Å². The molecule has 0 aromatic carbocycles. The minimum absolute atomic E-state index is 0.0715. The van der Waals surface area contributed by atoms with Crippen molar-refractivity contribution < 1.29 is 19.4 Å². The molecule has 0 aliphatic heterocycles. The summed E-state index contributed by atoms with van der Waals surface area (Å²) in [5.41, 5.74) is 0.187. The van der Waals surface area contributed by atoms with Gasteiger partial charge in [-0.3, -0.25) is 4.79 Å². The van der Waals surface area contributed by atoms with Crippen molar-refractivity contribution in [1.29, 1.82) is 0 Å². The lowest BCUT2D eigenvalue weighted by atomic mass is 10.2. The maximum absolute atomic E-state index is 11.8. The summed E-state index contributed by atoms with van der Waals surface area (Å²) in [4.78, 5) is 27.0. The van der Waals surface area contributed by atoms with Gasteiger partial charge in [0, 0.05) is 0 Å². The number of rotatable bonds is 5. The number of esters is 1. The average molecular weight is 252 g/mol. The number of pyridine rings is 1. The Balaban J connectivity index is 2.83. The second kappa shape index (κ2) is 6.70. The second-order valence-corrected chi connectivity index (χ2v) is 3.66. The molecule has 1 rings (SSSR count). The molecule has 0 aliphatic rings. The SMILES string of the molecule is CCC(CO)NC(=O)c1cccc(C(=O)OC)n1. The fraction of sp³-hybridized carbons (Fsp3) is 0.417. The standard InChI is InChI=1S/C12H16N2O4/c1-3-8(7-15)13-11(16)9-5-4-6-10(14-9)12(17)18-2/h4-6,8,15H,3,7H2,1-2H3,(H,13,16). The van der Waals surface area contributed by atoms with E-state index < -0.39 is 11.9 Å². The molecule has 1 unspecified atom stereocenters. The lowest BCUT2D eigenvalue weighted by Gasteiger charge is -2.13. The second-order valence-electron chi connectivity index (χ2n) is 3.66. The third kappa shape index (κ3) is 3.53. The van der Waals surface area contributed by atoms with Gasteiger partial charge in [0.2, 0.25) is 0 Å². The molecule has 0 radical (unpaired) electrons. The summed E-state index contributed by atoms with van der Waals surface area (Å²) in [5, 5.41) is 11.6. The summed E-state index contributed by atoms with van der Waals surface area (Å²) in [6, 6.07) is 4.19. The fourth-order valence-electron chi connectivity index (χ4n) is 1.32. The molecule has 6 heteroatoms. The minimum Gasteiger partial charge on any atom is -0.464 e. The van der Waals surface area contributed by atoms with Crippen LogP contribution in [0.15, 0.2) is 18.2 Å². The van der Waals surface area contributed by atoms with Crippen LogP contribution in [0, 0.1) is 0 Å². The molecule has 1 amide bonds. The summed E-state index contributed by atoms with van der Waals surface area (Å²) in [7, 11) is 1.25. The van der Waals surface area contributed by atoms with Crippen molar-refractivity contribution >= 4 is 11.9 Å². The lowest BCUT2D eigenvalue weighted by Crippen LogP contribution is -2.37. The number of aromatic nitrogens is 1. The molecule has 0 bridgehead atoms. The number of hydrogen-bond donors (Lipinski definition) is 2. The normalized spacial score (nSPS) is 11.7. The highest BCUT2D eigenvalue weighted by Crippen LogP contribution is 2.02. The summed E-state index contributed by atoms with van der Waals surface area (Å²) < 4.78 is 4.52. The maximum atomic E-state index is 11.8. The maximum Gasteiger partial charge on any atom is 0.356 e. The van der Waals surface area contributed by atoms with Crippen LogP contribution in [0.5, 0.6) is 0 Å². The molecule has 1 aromatic heterocycles. The van der Waals surface area contributed by atoms with Crippen LogP contribution in [0.1, 0.15) is 34.3 Å². The van der Waals surface area contributed by atoms with E-state index in [2.05, 4.69) is 15.0 Å². The van der Waals surface area contributed by atoms with Crippen LogP contribution in [0.2, 0.25) is 0 Å². The van der Waals surface area contributed by atoms with E-state index >= 15 is 0 Å². The van der Waals surface area contributed by atoms with Crippen molar-refractivity contribution in [2.45, 2.75) is 19.4 Å². The van der Waals surface area contributed by atoms with Crippen molar-refractivity contribution in [1.82, 2.24) is 10.3 Å². The quantitative estimate of drug-likeness (QED) is 0.739. The Morgan fingerprint density at radius 3 is 2.67 bits per heavy atom. The van der Waals surface area contributed by atoms with Gasteiger partial charge in [0.25, 0.3) is 5.91 Å². The van der Waals surface area contributed by atoms with Crippen molar-refractivity contribution in [2.75, 3.05) is 13.7 Å². The van der Waals surface area contributed by atoms with Gasteiger partial charge in [-0.1, -0.05) is 13.0 Å². The Morgan fingerprint density at radius 1 is 1.44 bits per heavy atom. The molecular formula is C12H16N2O4. The van der Waals surface area contributed by atoms with Crippen LogP contribution >= 0.6 is 0 Å². The zero-order valence-electron chi connectivity index (χ0n) is 10.3. The number of nitrogens with one attached hydrogen (secondary N) is 1. The van der Waals surface area contributed by atoms with Crippen molar-refractivity contribution in [2.24, 2.45) is 0 Å². The first-order chi connectivity index (χ1) is 8.62. The number of ether oxygens (including phenoxy) is 1. The molecule has 18 heavy (non-hydrogen) atoms. The number of hydrogen-bond acceptors (Lipinski definition) is 5. The van der Waals surface area contributed by atoms with Crippen LogP contribution < -0.4 is 5.32 Å². The van der Waals surface area contributed by atoms with Crippen LogP contribution in [-0.4, -0.2) is 41.7 Å². The van der Waals surface area contributed by atoms with Gasteiger partial charge in [-0.15, -0.1) is 0 Å². The number of amides is 1. The molecule has 2 N–H and O–H groups in total. The van der Waals surface area contributed by atoms with Gasteiger partial charge in [-0.05, 0) is 18.6 Å². The third-order valence-corrected chi connectivity index (χ3v) is 2.42. The smallest absolute Gasteiger partial charge is 0.356 e. The number of carbonyl (C=O) groups excluding carboxylic acids is 2. The molecule has 0 spiro atoms. The Morgan fingerprint density at radius 2 is 2.11 bits per heavy atom. The van der Waals surface area contributed by atoms with Crippen LogP contribution in [0.3, 0.4) is 0 Å². The Bertz CT molecular complexity index is 430. The van der Waals surface area contributed by atoms with Gasteiger partial charge in [-0.25, -0.2) is 9.78 Å². The van der Waals surface area contributed by atoms with Crippen molar-refractivity contribution in [3.05, 3.63) is 29.6 Å². The van der Waals surface area contributed by atoms with Gasteiger partial charge in [0.05, 0.1) is 19.8 Å². The minimum atomic E-state index is -0.598. The highest BCUT2D eigenvalue weighted by atomic mass is 16.5. The number of aliphatic hydroxyl groups is 1. The molecule has 1 atom stereocenters. The monoisotopic (exact) mass is 252 g/mol. The van der Waals surface area contributed by atoms with Gasteiger partial charge in [0.1, 0.15) is 11.4 Å². The molecule has 0 saturated heterocycles. The van der Waals surface area contributed by atoms with E-state index in [9.17, 15) is 9.59 Å². The van der Waals surface area contributed by atoms with Crippen LogP contribution in [-0.2, 0) is 4.74 Å². The van der Waals surface area contributed by atoms with E-state index in [1.54, 1.807) is 6.07 Å². The summed E-state index contributed by atoms with van der Waals surface area (Å²) >= 11 is 0. The predicted molar refractivity (Wildman–Crippen MR) is 64.2 cm³/mol. The molecular weight excluding hydrogens is 236 g/mol. The molecule has 1 heterocycles. The number of nitrogens with zero attached hydrogens (tertiary/aromatic N) is 1. The van der Waals surface area contributed by atoms with Gasteiger partial charge >= 0.3 is 5.97 Å². The van der Waals surface area contributed by atoms with E-state index in [1.807, 2.05) is 6.92 Å². The number of carbonyl (C=O) groups is 2. The van der Waals surface area contributed by atoms with Crippen molar-refractivity contribution in [3.8, 4) is 0 Å². The number of methoxy groups -OCH3 is 1. The average Bonchev–Trinajstić information content (AvgIpc) is 2.43. The highest BCUT2D eigenvalue weighted by molar-refractivity contribution is 5.94. The molecule has 0 aliphatic carbocycles. The Kier molecular flexibility index (Phi) is 5.26. The Hall–Kier alpha value is -1.95. The van der Waals surface area contributed by atoms with Gasteiger partial charge in [-0.2, -0.15) is 0 Å². The van der Waals surface area contributed by atoms with E-state index in [-0.39, 0.29) is 24.0 Å². The van der Waals surface area contributed by atoms with E-state index in [4.69, 9.17) is 5.11 Å². The molecule has 0 fully saturated rings. The molecule has 1 aromatic rings. The van der Waals surface area contributed by atoms with Gasteiger partial charge in [0.15, 0.2) is 0 Å². The largest absolute Gasteiger partial charge is 0.464 e. The summed E-state index contributed by atoms with van der Waals surface area (Å²) in [6.45, 7) is 1.71. The molecule has 6 nitrogen and oxygen atoms in total. The fourth-order valence-corrected chi connectivity index (χ4v) is 1.32.